The largest absolute Gasteiger partial charge is 0.466 e. The maximum atomic E-state index is 12.4. The van der Waals surface area contributed by atoms with E-state index in [1.807, 2.05) is 20.8 Å². The quantitative estimate of drug-likeness (QED) is 0.729. The van der Waals surface area contributed by atoms with E-state index in [0.29, 0.717) is 32.8 Å². The van der Waals surface area contributed by atoms with E-state index in [1.54, 1.807) is 11.8 Å². The fourth-order valence-corrected chi connectivity index (χ4v) is 3.02. The number of esters is 1. The van der Waals surface area contributed by atoms with Gasteiger partial charge >= 0.3 is 12.1 Å². The Bertz CT molecular complexity index is 409. The maximum absolute atomic E-state index is 12.4. The van der Waals surface area contributed by atoms with Crippen LogP contribution in [0.25, 0.3) is 0 Å². The highest BCUT2D eigenvalue weighted by Crippen LogP contribution is 2.40. The third-order valence-electron chi connectivity index (χ3n) is 3.92. The summed E-state index contributed by atoms with van der Waals surface area (Å²) in [6, 6.07) is 0. The Hall–Kier alpha value is -1.30. The van der Waals surface area contributed by atoms with Crippen LogP contribution in [-0.2, 0) is 19.0 Å². The van der Waals surface area contributed by atoms with Crippen molar-refractivity contribution in [1.82, 2.24) is 4.90 Å². The van der Waals surface area contributed by atoms with Gasteiger partial charge in [-0.25, -0.2) is 4.79 Å². The first-order chi connectivity index (χ1) is 9.77. The van der Waals surface area contributed by atoms with Crippen LogP contribution in [0, 0.1) is 5.92 Å². The summed E-state index contributed by atoms with van der Waals surface area (Å²) < 4.78 is 16.1. The van der Waals surface area contributed by atoms with Gasteiger partial charge in [0.25, 0.3) is 0 Å². The van der Waals surface area contributed by atoms with Gasteiger partial charge in [-0.1, -0.05) is 0 Å². The number of carbonyl (C=O) groups excluding carboxylic acids is 2. The summed E-state index contributed by atoms with van der Waals surface area (Å²) in [5, 5.41) is 0. The molecular weight excluding hydrogens is 274 g/mol. The molecule has 0 bridgehead atoms. The van der Waals surface area contributed by atoms with Crippen LogP contribution in [0.1, 0.15) is 40.5 Å². The Morgan fingerprint density at radius 3 is 2.62 bits per heavy atom. The highest BCUT2D eigenvalue weighted by atomic mass is 16.6. The second-order valence-electron chi connectivity index (χ2n) is 6.77. The van der Waals surface area contributed by atoms with Crippen LogP contribution in [0.4, 0.5) is 4.79 Å². The van der Waals surface area contributed by atoms with Crippen molar-refractivity contribution in [2.24, 2.45) is 5.92 Å². The van der Waals surface area contributed by atoms with E-state index in [2.05, 4.69) is 0 Å². The molecule has 0 aromatic rings. The molecule has 2 aliphatic heterocycles. The van der Waals surface area contributed by atoms with Crippen molar-refractivity contribution in [2.45, 2.75) is 51.7 Å². The van der Waals surface area contributed by atoms with Crippen LogP contribution in [0.3, 0.4) is 0 Å². The smallest absolute Gasteiger partial charge is 0.410 e. The molecule has 0 aromatic heterocycles. The molecular formula is C15H25NO5. The van der Waals surface area contributed by atoms with E-state index < -0.39 is 11.1 Å². The molecule has 2 unspecified atom stereocenters. The van der Waals surface area contributed by atoms with E-state index >= 15 is 0 Å². The summed E-state index contributed by atoms with van der Waals surface area (Å²) in [5.41, 5.74) is -0.973. The lowest BCUT2D eigenvalue weighted by Crippen LogP contribution is -2.49. The van der Waals surface area contributed by atoms with Gasteiger partial charge < -0.3 is 14.2 Å². The zero-order chi connectivity index (χ0) is 15.7. The number of likely N-dealkylation sites (tertiary alicyclic amines) is 1. The summed E-state index contributed by atoms with van der Waals surface area (Å²) in [5.74, 6) is -0.533. The number of carbonyl (C=O) groups is 2. The van der Waals surface area contributed by atoms with Gasteiger partial charge in [-0.3, -0.25) is 9.69 Å². The van der Waals surface area contributed by atoms with Crippen molar-refractivity contribution in [1.29, 1.82) is 0 Å². The number of amides is 1. The van der Waals surface area contributed by atoms with Crippen molar-refractivity contribution >= 4 is 12.1 Å². The Balaban J connectivity index is 2.13. The summed E-state index contributed by atoms with van der Waals surface area (Å²) in [6.45, 7) is 9.05. The van der Waals surface area contributed by atoms with Gasteiger partial charge in [0, 0.05) is 13.2 Å². The minimum Gasteiger partial charge on any atom is -0.466 e. The van der Waals surface area contributed by atoms with Gasteiger partial charge in [-0.05, 0) is 40.5 Å². The highest BCUT2D eigenvalue weighted by molar-refractivity contribution is 5.77. The molecule has 6 nitrogen and oxygen atoms in total. The predicted octanol–water partition coefficient (Wildman–Crippen LogP) is 1.97. The molecule has 0 radical (unpaired) electrons. The van der Waals surface area contributed by atoms with Gasteiger partial charge in [0.15, 0.2) is 0 Å². The summed E-state index contributed by atoms with van der Waals surface area (Å²) >= 11 is 0. The first kappa shape index (κ1) is 16.1. The monoisotopic (exact) mass is 299 g/mol. The fourth-order valence-electron chi connectivity index (χ4n) is 3.02. The number of hydrogen-bond donors (Lipinski definition) is 0. The molecule has 2 aliphatic rings. The lowest BCUT2D eigenvalue weighted by Gasteiger charge is -2.34. The molecule has 21 heavy (non-hydrogen) atoms. The minimum atomic E-state index is -0.556. The van der Waals surface area contributed by atoms with Crippen LogP contribution in [0.5, 0.6) is 0 Å². The molecule has 0 N–H and O–H groups in total. The number of nitrogens with zero attached hydrogens (tertiary/aromatic N) is 1. The second-order valence-corrected chi connectivity index (χ2v) is 6.77. The van der Waals surface area contributed by atoms with Gasteiger partial charge in [0.05, 0.1) is 24.7 Å². The normalized spacial score (nSPS) is 29.0. The molecule has 120 valence electrons. The van der Waals surface area contributed by atoms with Crippen LogP contribution in [0.15, 0.2) is 0 Å². The lowest BCUT2D eigenvalue weighted by atomic mass is 9.91. The van der Waals surface area contributed by atoms with Crippen LogP contribution in [0.2, 0.25) is 0 Å². The Morgan fingerprint density at radius 2 is 2.10 bits per heavy atom. The van der Waals surface area contributed by atoms with E-state index in [4.69, 9.17) is 14.2 Å². The van der Waals surface area contributed by atoms with Crippen molar-refractivity contribution in [3.63, 3.8) is 0 Å². The van der Waals surface area contributed by atoms with E-state index in [0.717, 1.165) is 6.42 Å². The minimum absolute atomic E-state index is 0.241. The van der Waals surface area contributed by atoms with Crippen LogP contribution in [-0.4, -0.2) is 54.5 Å². The number of rotatable bonds is 2. The Morgan fingerprint density at radius 1 is 1.38 bits per heavy atom. The molecule has 1 spiro atoms. The zero-order valence-corrected chi connectivity index (χ0v) is 13.3. The zero-order valence-electron chi connectivity index (χ0n) is 13.3. The van der Waals surface area contributed by atoms with E-state index in [1.165, 1.54) is 0 Å². The maximum Gasteiger partial charge on any atom is 0.410 e. The molecule has 0 aliphatic carbocycles. The first-order valence-corrected chi connectivity index (χ1v) is 7.52. The van der Waals surface area contributed by atoms with Crippen molar-refractivity contribution in [3.05, 3.63) is 0 Å². The molecule has 2 atom stereocenters. The molecule has 1 amide bonds. The Kier molecular flexibility index (Phi) is 4.46. The van der Waals surface area contributed by atoms with E-state index in [-0.39, 0.29) is 18.0 Å². The Labute approximate surface area is 125 Å². The summed E-state index contributed by atoms with van der Waals surface area (Å²) in [4.78, 5) is 26.1. The number of ether oxygens (including phenoxy) is 3. The van der Waals surface area contributed by atoms with Crippen molar-refractivity contribution in [3.8, 4) is 0 Å². The molecule has 6 heteroatoms. The molecule has 2 rings (SSSR count). The lowest BCUT2D eigenvalue weighted by molar-refractivity contribution is -0.147. The van der Waals surface area contributed by atoms with Gasteiger partial charge in [-0.2, -0.15) is 0 Å². The van der Waals surface area contributed by atoms with Gasteiger partial charge in [-0.15, -0.1) is 0 Å². The summed E-state index contributed by atoms with van der Waals surface area (Å²) in [7, 11) is 0. The SMILES string of the molecule is CCOC(=O)C1CN(C(=O)OC(C)(C)C)C2(CCOC2)C1. The molecule has 2 saturated heterocycles. The highest BCUT2D eigenvalue weighted by Gasteiger charge is 2.53. The third kappa shape index (κ3) is 3.48. The second kappa shape index (κ2) is 5.83. The van der Waals surface area contributed by atoms with Gasteiger partial charge in [0.2, 0.25) is 0 Å². The predicted molar refractivity (Wildman–Crippen MR) is 75.8 cm³/mol. The fraction of sp³-hybridized carbons (Fsp3) is 0.867. The average Bonchev–Trinajstić information content (AvgIpc) is 2.96. The topological polar surface area (TPSA) is 65.1 Å². The molecule has 2 fully saturated rings. The van der Waals surface area contributed by atoms with E-state index in [9.17, 15) is 9.59 Å². The molecule has 2 heterocycles. The standard InChI is InChI=1S/C15H25NO5/c1-5-20-12(17)11-8-15(6-7-19-10-15)16(9-11)13(18)21-14(2,3)4/h11H,5-10H2,1-4H3. The van der Waals surface area contributed by atoms with Crippen molar-refractivity contribution < 1.29 is 23.8 Å². The van der Waals surface area contributed by atoms with Crippen LogP contribution >= 0.6 is 0 Å². The van der Waals surface area contributed by atoms with Crippen molar-refractivity contribution in [2.75, 3.05) is 26.4 Å². The first-order valence-electron chi connectivity index (χ1n) is 7.52. The number of hydrogen-bond acceptors (Lipinski definition) is 5. The van der Waals surface area contributed by atoms with Crippen LogP contribution < -0.4 is 0 Å². The summed E-state index contributed by atoms with van der Waals surface area (Å²) in [6.07, 6.45) is 0.951. The molecule has 0 saturated carbocycles. The molecule has 0 aromatic carbocycles. The van der Waals surface area contributed by atoms with Gasteiger partial charge in [0.1, 0.15) is 5.60 Å². The third-order valence-corrected chi connectivity index (χ3v) is 3.92. The average molecular weight is 299 g/mol.